The van der Waals surface area contributed by atoms with E-state index in [4.69, 9.17) is 10.5 Å². The van der Waals surface area contributed by atoms with E-state index < -0.39 is 45.9 Å². The molecule has 6 nitrogen and oxygen atoms in total. The quantitative estimate of drug-likeness (QED) is 0.393. The molecular weight excluding hydrogens is 457 g/mol. The number of halogens is 5. The number of ether oxygens (including phenoxy) is 1. The molecule has 0 bridgehead atoms. The standard InChI is InChI=1S/C23H24F5N5O/c1-11-6-4-5-7-33(10-11)21-14-9-30-19(18(25)20(14)31-22(32-21)34-3)13-8-15(29)17(24)12(2)16(13)23(26,27)28/h8-9,11H,4-7,10,29H2,1-3H3. The second kappa shape index (κ2) is 8.84. The summed E-state index contributed by atoms with van der Waals surface area (Å²) in [5.74, 6) is -1.54. The van der Waals surface area contributed by atoms with Crippen LogP contribution in [0.2, 0.25) is 0 Å². The maximum Gasteiger partial charge on any atom is 0.417 e. The Balaban J connectivity index is 1.98. The van der Waals surface area contributed by atoms with Crippen LogP contribution in [0.1, 0.15) is 37.3 Å². The van der Waals surface area contributed by atoms with Crippen LogP contribution < -0.4 is 15.4 Å². The number of hydrogen-bond acceptors (Lipinski definition) is 6. The Bertz CT molecular complexity index is 1250. The molecular formula is C23H24F5N5O. The lowest BCUT2D eigenvalue weighted by atomic mass is 9.96. The number of fused-ring (bicyclic) bond motifs is 1. The summed E-state index contributed by atoms with van der Waals surface area (Å²) in [6.07, 6.45) is -0.727. The van der Waals surface area contributed by atoms with Crippen LogP contribution in [0.25, 0.3) is 22.2 Å². The first-order chi connectivity index (χ1) is 16.0. The second-order valence-corrected chi connectivity index (χ2v) is 8.59. The van der Waals surface area contributed by atoms with Gasteiger partial charge < -0.3 is 15.4 Å². The van der Waals surface area contributed by atoms with E-state index in [0.717, 1.165) is 32.3 Å². The molecule has 2 N–H and O–H groups in total. The number of nitrogens with zero attached hydrogens (tertiary/aromatic N) is 4. The topological polar surface area (TPSA) is 77.2 Å². The molecule has 0 amide bonds. The van der Waals surface area contributed by atoms with Crippen molar-refractivity contribution in [2.75, 3.05) is 30.8 Å². The smallest absolute Gasteiger partial charge is 0.417 e. The number of methoxy groups -OCH3 is 1. The highest BCUT2D eigenvalue weighted by Crippen LogP contribution is 2.43. The van der Waals surface area contributed by atoms with Crippen LogP contribution in [0.3, 0.4) is 0 Å². The minimum absolute atomic E-state index is 0.124. The Morgan fingerprint density at radius 3 is 2.56 bits per heavy atom. The predicted molar refractivity (Wildman–Crippen MR) is 119 cm³/mol. The van der Waals surface area contributed by atoms with Crippen molar-refractivity contribution >= 4 is 22.4 Å². The van der Waals surface area contributed by atoms with Crippen molar-refractivity contribution in [2.45, 2.75) is 39.3 Å². The molecule has 1 saturated heterocycles. The first-order valence-electron chi connectivity index (χ1n) is 10.8. The predicted octanol–water partition coefficient (Wildman–Crippen LogP) is 5.51. The van der Waals surface area contributed by atoms with E-state index in [9.17, 15) is 17.6 Å². The SMILES string of the molecule is COc1nc(N2CCCCC(C)C2)c2cnc(-c3cc(N)c(F)c(C)c3C(F)(F)F)c(F)c2n1. The highest BCUT2D eigenvalue weighted by Gasteiger charge is 2.38. The van der Waals surface area contributed by atoms with Gasteiger partial charge in [-0.25, -0.2) is 8.78 Å². The van der Waals surface area contributed by atoms with Gasteiger partial charge in [-0.2, -0.15) is 23.1 Å². The van der Waals surface area contributed by atoms with Crippen LogP contribution in [-0.4, -0.2) is 35.2 Å². The van der Waals surface area contributed by atoms with Gasteiger partial charge in [0.05, 0.1) is 23.7 Å². The number of hydrogen-bond donors (Lipinski definition) is 1. The summed E-state index contributed by atoms with van der Waals surface area (Å²) in [5.41, 5.74) is 1.44. The zero-order valence-corrected chi connectivity index (χ0v) is 18.9. The maximum atomic E-state index is 15.8. The van der Waals surface area contributed by atoms with E-state index in [1.807, 2.05) is 4.90 Å². The summed E-state index contributed by atoms with van der Waals surface area (Å²) in [7, 11) is 1.32. The summed E-state index contributed by atoms with van der Waals surface area (Å²) in [6, 6.07) is 0.624. The number of benzene rings is 1. The highest BCUT2D eigenvalue weighted by molar-refractivity contribution is 5.92. The molecule has 1 fully saturated rings. The Labute approximate surface area is 193 Å². The van der Waals surface area contributed by atoms with Gasteiger partial charge in [0.25, 0.3) is 0 Å². The van der Waals surface area contributed by atoms with Crippen molar-refractivity contribution in [3.63, 3.8) is 0 Å². The zero-order valence-electron chi connectivity index (χ0n) is 18.9. The Morgan fingerprint density at radius 1 is 1.15 bits per heavy atom. The molecule has 1 atom stereocenters. The lowest BCUT2D eigenvalue weighted by molar-refractivity contribution is -0.137. The largest absolute Gasteiger partial charge is 0.467 e. The normalized spacial score (nSPS) is 17.2. The lowest BCUT2D eigenvalue weighted by Crippen LogP contribution is -2.28. The summed E-state index contributed by atoms with van der Waals surface area (Å²) >= 11 is 0. The molecule has 0 aliphatic carbocycles. The molecule has 0 radical (unpaired) electrons. The van der Waals surface area contributed by atoms with Crippen molar-refractivity contribution in [1.82, 2.24) is 15.0 Å². The first kappa shape index (κ1) is 23.9. The molecule has 3 aromatic rings. The zero-order chi connectivity index (χ0) is 24.8. The van der Waals surface area contributed by atoms with E-state index in [0.29, 0.717) is 24.8 Å². The fourth-order valence-corrected chi connectivity index (χ4v) is 4.46. The van der Waals surface area contributed by atoms with E-state index in [1.54, 1.807) is 0 Å². The van der Waals surface area contributed by atoms with E-state index in [1.165, 1.54) is 13.3 Å². The average Bonchev–Trinajstić information content (AvgIpc) is 3.00. The third kappa shape index (κ3) is 4.19. The molecule has 1 aliphatic heterocycles. The number of alkyl halides is 3. The van der Waals surface area contributed by atoms with E-state index in [2.05, 4.69) is 21.9 Å². The van der Waals surface area contributed by atoms with Gasteiger partial charge in [0.2, 0.25) is 0 Å². The van der Waals surface area contributed by atoms with Crippen molar-refractivity contribution in [3.8, 4) is 17.3 Å². The number of aromatic nitrogens is 3. The third-order valence-electron chi connectivity index (χ3n) is 6.10. The number of nitrogen functional groups attached to an aromatic ring is 1. The summed E-state index contributed by atoms with van der Waals surface area (Å²) in [5, 5.41) is 0.247. The number of pyridine rings is 1. The van der Waals surface area contributed by atoms with Crippen LogP contribution in [-0.2, 0) is 6.18 Å². The lowest BCUT2D eigenvalue weighted by Gasteiger charge is -2.25. The van der Waals surface area contributed by atoms with Crippen LogP contribution in [0.15, 0.2) is 12.3 Å². The molecule has 3 heterocycles. The molecule has 0 spiro atoms. The van der Waals surface area contributed by atoms with Crippen molar-refractivity contribution in [3.05, 3.63) is 35.0 Å². The first-order valence-corrected chi connectivity index (χ1v) is 10.8. The minimum Gasteiger partial charge on any atom is -0.467 e. The highest BCUT2D eigenvalue weighted by atomic mass is 19.4. The van der Waals surface area contributed by atoms with Gasteiger partial charge in [-0.1, -0.05) is 13.3 Å². The van der Waals surface area contributed by atoms with Crippen molar-refractivity contribution < 1.29 is 26.7 Å². The van der Waals surface area contributed by atoms with Gasteiger partial charge in [-0.05, 0) is 37.3 Å². The Kier molecular flexibility index (Phi) is 6.22. The Morgan fingerprint density at radius 2 is 1.88 bits per heavy atom. The minimum atomic E-state index is -4.96. The van der Waals surface area contributed by atoms with Crippen LogP contribution in [0.4, 0.5) is 33.5 Å². The fraction of sp³-hybridized carbons (Fsp3) is 0.435. The fourth-order valence-electron chi connectivity index (χ4n) is 4.46. The molecule has 1 unspecified atom stereocenters. The summed E-state index contributed by atoms with van der Waals surface area (Å²) < 4.78 is 76.7. The third-order valence-corrected chi connectivity index (χ3v) is 6.10. The number of anilines is 2. The molecule has 182 valence electrons. The van der Waals surface area contributed by atoms with Gasteiger partial charge in [-0.15, -0.1) is 0 Å². The van der Waals surface area contributed by atoms with Gasteiger partial charge in [-0.3, -0.25) is 4.98 Å². The second-order valence-electron chi connectivity index (χ2n) is 8.59. The van der Waals surface area contributed by atoms with Crippen LogP contribution >= 0.6 is 0 Å². The van der Waals surface area contributed by atoms with Crippen LogP contribution in [0.5, 0.6) is 6.01 Å². The molecule has 34 heavy (non-hydrogen) atoms. The van der Waals surface area contributed by atoms with E-state index >= 15 is 4.39 Å². The molecule has 0 saturated carbocycles. The molecule has 1 aromatic carbocycles. The maximum absolute atomic E-state index is 15.8. The molecule has 1 aliphatic rings. The average molecular weight is 481 g/mol. The Hall–Kier alpha value is -3.24. The molecule has 4 rings (SSSR count). The summed E-state index contributed by atoms with van der Waals surface area (Å²) in [6.45, 7) is 4.40. The molecule has 2 aromatic heterocycles. The van der Waals surface area contributed by atoms with E-state index in [-0.39, 0.29) is 16.9 Å². The van der Waals surface area contributed by atoms with Crippen molar-refractivity contribution in [1.29, 1.82) is 0 Å². The van der Waals surface area contributed by atoms with Gasteiger partial charge >= 0.3 is 12.2 Å². The molecule has 11 heteroatoms. The number of rotatable bonds is 3. The van der Waals surface area contributed by atoms with Crippen molar-refractivity contribution in [2.24, 2.45) is 5.92 Å². The van der Waals surface area contributed by atoms with Crippen LogP contribution in [0, 0.1) is 24.5 Å². The number of nitrogens with two attached hydrogens (primary N) is 1. The monoisotopic (exact) mass is 481 g/mol. The van der Waals surface area contributed by atoms with Gasteiger partial charge in [0.15, 0.2) is 5.82 Å². The van der Waals surface area contributed by atoms with Gasteiger partial charge in [0.1, 0.15) is 22.8 Å². The van der Waals surface area contributed by atoms with Gasteiger partial charge in [0, 0.05) is 24.8 Å². The summed E-state index contributed by atoms with van der Waals surface area (Å²) in [4.78, 5) is 14.5.